The molecule has 0 aliphatic carbocycles. The Morgan fingerprint density at radius 1 is 1.04 bits per heavy atom. The molecule has 0 spiro atoms. The first-order chi connectivity index (χ1) is 13.4. The van der Waals surface area contributed by atoms with Gasteiger partial charge in [-0.15, -0.1) is 0 Å². The van der Waals surface area contributed by atoms with Crippen LogP contribution in [0.2, 0.25) is 0 Å². The van der Waals surface area contributed by atoms with Gasteiger partial charge < -0.3 is 9.84 Å². The molecule has 0 atom stereocenters. The van der Waals surface area contributed by atoms with Gasteiger partial charge in [0.05, 0.1) is 17.7 Å². The number of halogens is 1. The van der Waals surface area contributed by atoms with E-state index in [1.807, 2.05) is 12.1 Å². The van der Waals surface area contributed by atoms with Gasteiger partial charge in [0.15, 0.2) is 11.5 Å². The van der Waals surface area contributed by atoms with E-state index in [2.05, 4.69) is 32.3 Å². The molecular formula is C20H17IN2O4S. The number of nitrogens with one attached hydrogen (secondary N) is 1. The largest absolute Gasteiger partial charge is 0.504 e. The molecule has 0 amide bonds. The molecule has 2 N–H and O–H groups in total. The summed E-state index contributed by atoms with van der Waals surface area (Å²) in [5, 5.41) is 9.79. The molecule has 0 saturated carbocycles. The number of aliphatic imine (C=N–C) groups is 1. The van der Waals surface area contributed by atoms with Crippen molar-refractivity contribution in [3.8, 4) is 11.5 Å². The lowest BCUT2D eigenvalue weighted by Crippen LogP contribution is -2.12. The molecule has 0 radical (unpaired) electrons. The number of phenolic OH excluding ortho intramolecular Hbond substituents is 1. The zero-order valence-electron chi connectivity index (χ0n) is 14.8. The summed E-state index contributed by atoms with van der Waals surface area (Å²) in [6, 6.07) is 18.2. The molecule has 0 saturated heterocycles. The van der Waals surface area contributed by atoms with Crippen LogP contribution in [0.15, 0.2) is 76.6 Å². The van der Waals surface area contributed by atoms with E-state index in [4.69, 9.17) is 4.74 Å². The molecule has 6 nitrogen and oxygen atoms in total. The van der Waals surface area contributed by atoms with Gasteiger partial charge in [0.25, 0.3) is 10.0 Å². The highest BCUT2D eigenvalue weighted by atomic mass is 127. The van der Waals surface area contributed by atoms with Crippen molar-refractivity contribution < 1.29 is 18.3 Å². The van der Waals surface area contributed by atoms with Crippen LogP contribution in [-0.2, 0) is 10.0 Å². The Kier molecular flexibility index (Phi) is 6.20. The van der Waals surface area contributed by atoms with Crippen molar-refractivity contribution in [3.05, 3.63) is 75.9 Å². The predicted molar refractivity (Wildman–Crippen MR) is 118 cm³/mol. The molecule has 0 fully saturated rings. The van der Waals surface area contributed by atoms with Crippen LogP contribution in [0.4, 0.5) is 11.4 Å². The van der Waals surface area contributed by atoms with Crippen LogP contribution in [0.5, 0.6) is 11.5 Å². The lowest BCUT2D eigenvalue weighted by Gasteiger charge is -2.08. The molecule has 3 rings (SSSR count). The lowest BCUT2D eigenvalue weighted by atomic mass is 10.2. The van der Waals surface area contributed by atoms with Gasteiger partial charge in [-0.25, -0.2) is 8.42 Å². The first-order valence-electron chi connectivity index (χ1n) is 8.17. The molecule has 0 aliphatic rings. The Morgan fingerprint density at radius 3 is 2.32 bits per heavy atom. The molecule has 28 heavy (non-hydrogen) atoms. The number of ether oxygens (including phenoxy) is 1. The third kappa shape index (κ3) is 5.02. The van der Waals surface area contributed by atoms with Crippen LogP contribution < -0.4 is 9.46 Å². The second kappa shape index (κ2) is 8.61. The van der Waals surface area contributed by atoms with Crippen molar-refractivity contribution in [2.75, 3.05) is 11.8 Å². The summed E-state index contributed by atoms with van der Waals surface area (Å²) >= 11 is 2.16. The molecule has 144 valence electrons. The Hall–Kier alpha value is -2.59. The van der Waals surface area contributed by atoms with Crippen LogP contribution in [0.25, 0.3) is 0 Å². The highest BCUT2D eigenvalue weighted by Gasteiger charge is 2.13. The van der Waals surface area contributed by atoms with Crippen molar-refractivity contribution in [2.45, 2.75) is 4.90 Å². The average Bonchev–Trinajstić information content (AvgIpc) is 2.68. The maximum absolute atomic E-state index is 12.5. The summed E-state index contributed by atoms with van der Waals surface area (Å²) in [4.78, 5) is 4.44. The molecule has 0 bridgehead atoms. The van der Waals surface area contributed by atoms with Gasteiger partial charge in [0.1, 0.15) is 0 Å². The molecule has 0 heterocycles. The Balaban J connectivity index is 1.73. The fraction of sp³-hybridized carbons (Fsp3) is 0.0500. The molecule has 8 heteroatoms. The third-order valence-electron chi connectivity index (χ3n) is 3.81. The fourth-order valence-electron chi connectivity index (χ4n) is 2.38. The number of hydrogen-bond donors (Lipinski definition) is 2. The number of benzene rings is 3. The van der Waals surface area contributed by atoms with Gasteiger partial charge in [0, 0.05) is 15.5 Å². The van der Waals surface area contributed by atoms with Gasteiger partial charge in [0.2, 0.25) is 0 Å². The quantitative estimate of drug-likeness (QED) is 0.378. The molecule has 0 unspecified atom stereocenters. The van der Waals surface area contributed by atoms with Crippen molar-refractivity contribution in [3.63, 3.8) is 0 Å². The van der Waals surface area contributed by atoms with Crippen LogP contribution >= 0.6 is 22.6 Å². The average molecular weight is 508 g/mol. The Bertz CT molecular complexity index is 1100. The summed E-state index contributed by atoms with van der Waals surface area (Å²) in [5.74, 6) is 0.405. The highest BCUT2D eigenvalue weighted by molar-refractivity contribution is 14.1. The lowest BCUT2D eigenvalue weighted by molar-refractivity contribution is 0.373. The fourth-order valence-corrected chi connectivity index (χ4v) is 3.80. The minimum atomic E-state index is -3.67. The zero-order chi connectivity index (χ0) is 20.1. The standard InChI is InChI=1S/C20H17IN2O4S/c1-27-20-11-2-14(12-19(20)24)13-22-16-7-9-18(10-8-16)28(25,26)23-17-5-3-15(21)4-6-17/h2-13,23-24H,1H3. The van der Waals surface area contributed by atoms with Gasteiger partial charge in [-0.1, -0.05) is 0 Å². The van der Waals surface area contributed by atoms with E-state index >= 15 is 0 Å². The SMILES string of the molecule is COc1ccc(C=Nc2ccc(S(=O)(=O)Nc3ccc(I)cc3)cc2)cc1O. The number of phenols is 1. The maximum Gasteiger partial charge on any atom is 0.261 e. The number of aromatic hydroxyl groups is 1. The number of sulfonamides is 1. The Labute approximate surface area is 177 Å². The monoisotopic (exact) mass is 508 g/mol. The van der Waals surface area contributed by atoms with E-state index < -0.39 is 10.0 Å². The smallest absolute Gasteiger partial charge is 0.261 e. The number of hydrogen-bond acceptors (Lipinski definition) is 5. The van der Waals surface area contributed by atoms with Crippen molar-refractivity contribution in [2.24, 2.45) is 4.99 Å². The van der Waals surface area contributed by atoms with Crippen molar-refractivity contribution >= 4 is 50.2 Å². The second-order valence-corrected chi connectivity index (χ2v) is 8.72. The summed E-state index contributed by atoms with van der Waals surface area (Å²) in [6.45, 7) is 0. The van der Waals surface area contributed by atoms with E-state index in [1.165, 1.54) is 25.3 Å². The molecule has 3 aromatic carbocycles. The molecule has 0 aromatic heterocycles. The normalized spacial score (nSPS) is 11.5. The number of rotatable bonds is 6. The van der Waals surface area contributed by atoms with Gasteiger partial charge in [-0.2, -0.15) is 0 Å². The third-order valence-corrected chi connectivity index (χ3v) is 5.93. The van der Waals surface area contributed by atoms with E-state index in [0.29, 0.717) is 22.7 Å². The first-order valence-corrected chi connectivity index (χ1v) is 10.7. The van der Waals surface area contributed by atoms with E-state index in [1.54, 1.807) is 42.6 Å². The summed E-state index contributed by atoms with van der Waals surface area (Å²) in [5.41, 5.74) is 1.78. The maximum atomic E-state index is 12.5. The topological polar surface area (TPSA) is 88.0 Å². The number of anilines is 1. The molecule has 0 aliphatic heterocycles. The van der Waals surface area contributed by atoms with Crippen LogP contribution in [0.1, 0.15) is 5.56 Å². The number of methoxy groups -OCH3 is 1. The Morgan fingerprint density at radius 2 is 1.71 bits per heavy atom. The van der Waals surface area contributed by atoms with E-state index in [9.17, 15) is 13.5 Å². The van der Waals surface area contributed by atoms with E-state index in [0.717, 1.165) is 3.57 Å². The predicted octanol–water partition coefficient (Wildman–Crippen LogP) is 4.56. The zero-order valence-corrected chi connectivity index (χ0v) is 17.8. The number of nitrogens with zero attached hydrogens (tertiary/aromatic N) is 1. The van der Waals surface area contributed by atoms with Gasteiger partial charge >= 0.3 is 0 Å². The molecular weight excluding hydrogens is 491 g/mol. The second-order valence-electron chi connectivity index (χ2n) is 5.80. The highest BCUT2D eigenvalue weighted by Crippen LogP contribution is 2.26. The van der Waals surface area contributed by atoms with Crippen LogP contribution in [-0.4, -0.2) is 26.8 Å². The van der Waals surface area contributed by atoms with Gasteiger partial charge in [-0.05, 0) is 94.9 Å². The summed E-state index contributed by atoms with van der Waals surface area (Å²) in [7, 11) is -2.20. The summed E-state index contributed by atoms with van der Waals surface area (Å²) < 4.78 is 33.5. The summed E-state index contributed by atoms with van der Waals surface area (Å²) in [6.07, 6.45) is 1.58. The van der Waals surface area contributed by atoms with Crippen molar-refractivity contribution in [1.29, 1.82) is 0 Å². The van der Waals surface area contributed by atoms with Crippen LogP contribution in [0, 0.1) is 3.57 Å². The van der Waals surface area contributed by atoms with Crippen molar-refractivity contribution in [1.82, 2.24) is 0 Å². The minimum Gasteiger partial charge on any atom is -0.504 e. The molecule has 3 aromatic rings. The van der Waals surface area contributed by atoms with E-state index in [-0.39, 0.29) is 10.6 Å². The first kappa shape index (κ1) is 20.2. The minimum absolute atomic E-state index is 0.0227. The van der Waals surface area contributed by atoms with Gasteiger partial charge in [-0.3, -0.25) is 9.71 Å². The van der Waals surface area contributed by atoms with Crippen LogP contribution in [0.3, 0.4) is 0 Å².